The lowest BCUT2D eigenvalue weighted by Gasteiger charge is -2.37. The fourth-order valence-corrected chi connectivity index (χ4v) is 4.47. The standard InChI is InChI=1S/C25H23N5O/c26-16-25(11-3-12-25)21-5-2-1-4-17(21)6-7-19-10-13-27-24(28-19)29-20-8-9-22-18(14-20)15-23(31)30-22/h1-2,4-5,8-10,13-14H,3,6-7,11-12,15H2,(H,30,31)(H,27,28,29). The maximum Gasteiger partial charge on any atom is 0.228 e. The van der Waals surface area contributed by atoms with Gasteiger partial charge in [0.1, 0.15) is 0 Å². The van der Waals surface area contributed by atoms with Gasteiger partial charge in [-0.25, -0.2) is 9.97 Å². The van der Waals surface area contributed by atoms with Crippen LogP contribution in [-0.4, -0.2) is 15.9 Å². The summed E-state index contributed by atoms with van der Waals surface area (Å²) in [6, 6.07) is 18.6. The number of nitrogens with zero attached hydrogens (tertiary/aromatic N) is 3. The Morgan fingerprint density at radius 3 is 2.81 bits per heavy atom. The molecule has 5 rings (SSSR count). The van der Waals surface area contributed by atoms with Crippen molar-refractivity contribution in [2.45, 2.75) is 43.9 Å². The largest absolute Gasteiger partial charge is 0.326 e. The number of nitriles is 1. The molecule has 31 heavy (non-hydrogen) atoms. The number of aryl methyl sites for hydroxylation is 2. The highest BCUT2D eigenvalue weighted by Crippen LogP contribution is 2.44. The third kappa shape index (κ3) is 3.75. The molecule has 0 saturated heterocycles. The molecule has 6 nitrogen and oxygen atoms in total. The van der Waals surface area contributed by atoms with E-state index in [0.717, 1.165) is 54.7 Å². The maximum atomic E-state index is 11.6. The summed E-state index contributed by atoms with van der Waals surface area (Å²) in [7, 11) is 0. The topological polar surface area (TPSA) is 90.7 Å². The second kappa shape index (κ2) is 7.84. The van der Waals surface area contributed by atoms with Gasteiger partial charge in [0.15, 0.2) is 0 Å². The second-order valence-corrected chi connectivity index (χ2v) is 8.30. The molecule has 1 fully saturated rings. The van der Waals surface area contributed by atoms with E-state index in [1.54, 1.807) is 6.20 Å². The van der Waals surface area contributed by atoms with Crippen molar-refractivity contribution in [2.75, 3.05) is 10.6 Å². The van der Waals surface area contributed by atoms with E-state index < -0.39 is 0 Å². The number of fused-ring (bicyclic) bond motifs is 1. The first-order valence-corrected chi connectivity index (χ1v) is 10.7. The normalized spacial score (nSPS) is 16.0. The van der Waals surface area contributed by atoms with Gasteiger partial charge in [-0.2, -0.15) is 5.26 Å². The van der Waals surface area contributed by atoms with Crippen LogP contribution >= 0.6 is 0 Å². The van der Waals surface area contributed by atoms with Gasteiger partial charge in [-0.05, 0) is 73.1 Å². The second-order valence-electron chi connectivity index (χ2n) is 8.30. The summed E-state index contributed by atoms with van der Waals surface area (Å²) in [4.78, 5) is 20.6. The number of hydrogen-bond donors (Lipinski definition) is 2. The highest BCUT2D eigenvalue weighted by molar-refractivity contribution is 5.99. The maximum absolute atomic E-state index is 11.6. The van der Waals surface area contributed by atoms with Gasteiger partial charge in [0.05, 0.1) is 17.9 Å². The minimum absolute atomic E-state index is 0.0192. The van der Waals surface area contributed by atoms with Crippen molar-refractivity contribution in [3.05, 3.63) is 77.1 Å². The molecule has 0 radical (unpaired) electrons. The van der Waals surface area contributed by atoms with E-state index in [1.165, 1.54) is 11.1 Å². The molecule has 1 saturated carbocycles. The molecule has 2 N–H and O–H groups in total. The van der Waals surface area contributed by atoms with Crippen LogP contribution in [0.15, 0.2) is 54.7 Å². The van der Waals surface area contributed by atoms with Gasteiger partial charge in [-0.3, -0.25) is 4.79 Å². The zero-order valence-corrected chi connectivity index (χ0v) is 17.2. The van der Waals surface area contributed by atoms with Crippen LogP contribution in [0.25, 0.3) is 0 Å². The molecule has 0 spiro atoms. The zero-order chi connectivity index (χ0) is 21.3. The lowest BCUT2D eigenvalue weighted by Crippen LogP contribution is -2.33. The Labute approximate surface area is 181 Å². The minimum atomic E-state index is -0.307. The van der Waals surface area contributed by atoms with Crippen molar-refractivity contribution in [1.82, 2.24) is 9.97 Å². The van der Waals surface area contributed by atoms with E-state index in [4.69, 9.17) is 0 Å². The van der Waals surface area contributed by atoms with Crippen molar-refractivity contribution >= 4 is 23.2 Å². The van der Waals surface area contributed by atoms with Gasteiger partial charge in [-0.15, -0.1) is 0 Å². The molecular weight excluding hydrogens is 386 g/mol. The molecule has 1 aliphatic heterocycles. The minimum Gasteiger partial charge on any atom is -0.326 e. The van der Waals surface area contributed by atoms with Crippen LogP contribution in [0.2, 0.25) is 0 Å². The number of aromatic nitrogens is 2. The summed E-state index contributed by atoms with van der Waals surface area (Å²) in [5.41, 5.74) is 5.75. The SMILES string of the molecule is N#CC1(c2ccccc2CCc2ccnc(Nc3ccc4c(c3)CC(=O)N4)n2)CCC1. The molecule has 0 atom stereocenters. The number of carbonyl (C=O) groups excluding carboxylic acids is 1. The van der Waals surface area contributed by atoms with Crippen molar-refractivity contribution in [3.8, 4) is 6.07 Å². The molecule has 2 heterocycles. The molecule has 0 bridgehead atoms. The summed E-state index contributed by atoms with van der Waals surface area (Å²) in [6.45, 7) is 0. The average Bonchev–Trinajstić information content (AvgIpc) is 3.12. The number of anilines is 3. The molecule has 1 aromatic heterocycles. The first kappa shape index (κ1) is 19.3. The van der Waals surface area contributed by atoms with Gasteiger partial charge >= 0.3 is 0 Å². The van der Waals surface area contributed by atoms with Crippen LogP contribution in [0.4, 0.5) is 17.3 Å². The van der Waals surface area contributed by atoms with Crippen molar-refractivity contribution in [2.24, 2.45) is 0 Å². The Kier molecular flexibility index (Phi) is 4.87. The van der Waals surface area contributed by atoms with Crippen LogP contribution in [0.3, 0.4) is 0 Å². The Hall–Kier alpha value is -3.72. The van der Waals surface area contributed by atoms with E-state index in [1.807, 2.05) is 36.4 Å². The van der Waals surface area contributed by atoms with Crippen LogP contribution in [-0.2, 0) is 29.5 Å². The van der Waals surface area contributed by atoms with E-state index in [9.17, 15) is 10.1 Å². The number of carbonyl (C=O) groups is 1. The highest BCUT2D eigenvalue weighted by atomic mass is 16.1. The Morgan fingerprint density at radius 2 is 2.00 bits per heavy atom. The molecule has 1 amide bonds. The van der Waals surface area contributed by atoms with E-state index >= 15 is 0 Å². The Balaban J connectivity index is 1.30. The lowest BCUT2D eigenvalue weighted by atomic mass is 9.64. The predicted molar refractivity (Wildman–Crippen MR) is 119 cm³/mol. The van der Waals surface area contributed by atoms with E-state index in [2.05, 4.69) is 38.8 Å². The summed E-state index contributed by atoms with van der Waals surface area (Å²) in [5, 5.41) is 15.8. The summed E-state index contributed by atoms with van der Waals surface area (Å²) >= 11 is 0. The summed E-state index contributed by atoms with van der Waals surface area (Å²) in [5.74, 6) is 0.557. The summed E-state index contributed by atoms with van der Waals surface area (Å²) < 4.78 is 0. The quantitative estimate of drug-likeness (QED) is 0.628. The molecular formula is C25H23N5O. The number of rotatable bonds is 6. The fourth-order valence-electron chi connectivity index (χ4n) is 4.47. The predicted octanol–water partition coefficient (Wildman–Crippen LogP) is 4.45. The molecule has 154 valence electrons. The van der Waals surface area contributed by atoms with Crippen LogP contribution in [0, 0.1) is 11.3 Å². The first-order chi connectivity index (χ1) is 15.1. The third-order valence-electron chi connectivity index (χ3n) is 6.30. The van der Waals surface area contributed by atoms with Crippen LogP contribution in [0.1, 0.15) is 41.6 Å². The van der Waals surface area contributed by atoms with E-state index in [0.29, 0.717) is 12.4 Å². The van der Waals surface area contributed by atoms with Gasteiger partial charge in [0.25, 0.3) is 0 Å². The van der Waals surface area contributed by atoms with Gasteiger partial charge in [0.2, 0.25) is 11.9 Å². The molecule has 2 aliphatic rings. The van der Waals surface area contributed by atoms with Gasteiger partial charge in [-0.1, -0.05) is 24.3 Å². The number of amides is 1. The number of hydrogen-bond acceptors (Lipinski definition) is 5. The molecule has 3 aromatic rings. The first-order valence-electron chi connectivity index (χ1n) is 10.7. The van der Waals surface area contributed by atoms with Crippen molar-refractivity contribution in [3.63, 3.8) is 0 Å². The van der Waals surface area contributed by atoms with Crippen LogP contribution in [0.5, 0.6) is 0 Å². The Morgan fingerprint density at radius 1 is 1.13 bits per heavy atom. The van der Waals surface area contributed by atoms with Crippen LogP contribution < -0.4 is 10.6 Å². The van der Waals surface area contributed by atoms with Crippen molar-refractivity contribution in [1.29, 1.82) is 5.26 Å². The molecule has 0 unspecified atom stereocenters. The molecule has 2 aromatic carbocycles. The highest BCUT2D eigenvalue weighted by Gasteiger charge is 2.40. The molecule has 1 aliphatic carbocycles. The Bertz CT molecular complexity index is 1190. The fraction of sp³-hybridized carbons (Fsp3) is 0.280. The number of benzene rings is 2. The van der Waals surface area contributed by atoms with Crippen molar-refractivity contribution < 1.29 is 4.79 Å². The number of nitrogens with one attached hydrogen (secondary N) is 2. The zero-order valence-electron chi connectivity index (χ0n) is 17.2. The molecule has 6 heteroatoms. The lowest BCUT2D eigenvalue weighted by molar-refractivity contribution is -0.115. The van der Waals surface area contributed by atoms with Gasteiger partial charge in [0, 0.05) is 23.3 Å². The van der Waals surface area contributed by atoms with E-state index in [-0.39, 0.29) is 11.3 Å². The smallest absolute Gasteiger partial charge is 0.228 e. The monoisotopic (exact) mass is 409 g/mol. The third-order valence-corrected chi connectivity index (χ3v) is 6.30. The average molecular weight is 409 g/mol. The summed E-state index contributed by atoms with van der Waals surface area (Å²) in [6.07, 6.45) is 6.79. The van der Waals surface area contributed by atoms with Gasteiger partial charge < -0.3 is 10.6 Å².